The van der Waals surface area contributed by atoms with Crippen molar-refractivity contribution in [2.24, 2.45) is 44.8 Å². The number of nitrogens with two attached hydrogens (primary N) is 4. The smallest absolute Gasteiger partial charge is 0.312 e. The number of nitrogens with one attached hydrogen (secondary N) is 4. The van der Waals surface area contributed by atoms with Crippen molar-refractivity contribution in [1.82, 2.24) is 35.3 Å². The molecule has 2 atom stereocenters. The SMILES string of the molecule is CCCN(CCC)C(=O)C1=Cc2ccc(C(=O)Nc3cncc(CCC(=O)OCc4ccc(CC(=O)[C@H](CCCNC(N)=O)NC(=O)[C@@H](CC(=O)CCCCCN5C(=O)C=CC5=O)C(C)C)cc4)c3)cc2N=C(N)C1.CCCN(CCC)C(=O)C1=Cc2ccc(C(=O)Nc3cncc(CN)c3)cc2N=C(N)C1. The van der Waals surface area contributed by atoms with E-state index in [1.165, 1.54) is 18.3 Å². The number of amides is 9. The molecular weight excluding hydrogens is 1360 g/mol. The summed E-state index contributed by atoms with van der Waals surface area (Å²) < 4.78 is 5.54. The number of carbonyl (C=O) groups excluding carboxylic acids is 11. The van der Waals surface area contributed by atoms with Crippen LogP contribution in [0.2, 0.25) is 0 Å². The Morgan fingerprint density at radius 3 is 1.63 bits per heavy atom. The molecule has 5 aromatic rings. The number of hydrogen-bond donors (Lipinski definition) is 8. The topological polar surface area (TPSA) is 409 Å². The summed E-state index contributed by atoms with van der Waals surface area (Å²) in [5, 5.41) is 11.1. The van der Waals surface area contributed by atoms with Gasteiger partial charge in [-0.25, -0.2) is 14.8 Å². The van der Waals surface area contributed by atoms with Crippen LogP contribution in [0.3, 0.4) is 0 Å². The maximum atomic E-state index is 13.7. The number of carbonyl (C=O) groups is 11. The van der Waals surface area contributed by atoms with Gasteiger partial charge in [-0.05, 0) is 135 Å². The lowest BCUT2D eigenvalue weighted by Crippen LogP contribution is -2.46. The number of primary amides is 1. The predicted molar refractivity (Wildman–Crippen MR) is 412 cm³/mol. The molecule has 5 heterocycles. The van der Waals surface area contributed by atoms with Crippen LogP contribution in [0.5, 0.6) is 0 Å². The van der Waals surface area contributed by atoms with Crippen LogP contribution in [0, 0.1) is 11.8 Å². The van der Waals surface area contributed by atoms with Crippen molar-refractivity contribution >= 4 is 111 Å². The molecule has 107 heavy (non-hydrogen) atoms. The van der Waals surface area contributed by atoms with Gasteiger partial charge in [0.05, 0.1) is 41.2 Å². The Balaban J connectivity index is 0.000000413. The van der Waals surface area contributed by atoms with Crippen molar-refractivity contribution in [3.63, 3.8) is 0 Å². The van der Waals surface area contributed by atoms with Gasteiger partial charge in [-0.3, -0.25) is 62.8 Å². The summed E-state index contributed by atoms with van der Waals surface area (Å²) in [6.45, 7) is 15.3. The highest BCUT2D eigenvalue weighted by Crippen LogP contribution is 2.32. The summed E-state index contributed by atoms with van der Waals surface area (Å²) in [7, 11) is 0. The predicted octanol–water partition coefficient (Wildman–Crippen LogP) is 9.41. The molecular formula is C80H101N15O12. The molecule has 568 valence electrons. The molecule has 0 aliphatic carbocycles. The van der Waals surface area contributed by atoms with Crippen molar-refractivity contribution in [2.45, 2.75) is 163 Å². The first-order valence-corrected chi connectivity index (χ1v) is 36.7. The molecule has 3 aromatic carbocycles. The zero-order valence-electron chi connectivity index (χ0n) is 62.1. The Morgan fingerprint density at radius 2 is 1.12 bits per heavy atom. The fourth-order valence-corrected chi connectivity index (χ4v) is 12.3. The van der Waals surface area contributed by atoms with E-state index in [2.05, 4.69) is 55.1 Å². The fraction of sp³-hybridized carbons (Fsp3) is 0.412. The van der Waals surface area contributed by atoms with Gasteiger partial charge in [0.1, 0.15) is 24.1 Å². The number of ketones is 2. The molecule has 0 fully saturated rings. The lowest BCUT2D eigenvalue weighted by molar-refractivity contribution is -0.145. The van der Waals surface area contributed by atoms with E-state index in [1.807, 2.05) is 43.6 Å². The van der Waals surface area contributed by atoms with Gasteiger partial charge in [0.2, 0.25) is 17.7 Å². The van der Waals surface area contributed by atoms with E-state index in [0.717, 1.165) is 41.7 Å². The maximum Gasteiger partial charge on any atom is 0.312 e. The number of unbranched alkanes of at least 4 members (excludes halogenated alkanes) is 2. The number of hydrogen-bond acceptors (Lipinski definition) is 19. The third-order valence-electron chi connectivity index (χ3n) is 17.9. The summed E-state index contributed by atoms with van der Waals surface area (Å²) >= 11 is 0. The summed E-state index contributed by atoms with van der Waals surface area (Å²) in [5.41, 5.74) is 31.5. The van der Waals surface area contributed by atoms with Crippen LogP contribution in [0.4, 0.5) is 27.5 Å². The minimum atomic E-state index is -0.907. The molecule has 9 amide bonds. The van der Waals surface area contributed by atoms with E-state index in [4.69, 9.17) is 27.7 Å². The number of Topliss-reactive ketones (excluding diaryl/α,β-unsaturated/α-hetero) is 2. The van der Waals surface area contributed by atoms with E-state index in [1.54, 1.807) is 97.5 Å². The molecule has 2 aromatic heterocycles. The maximum absolute atomic E-state index is 13.7. The number of aromatic nitrogens is 2. The van der Waals surface area contributed by atoms with E-state index in [0.29, 0.717) is 138 Å². The summed E-state index contributed by atoms with van der Waals surface area (Å²) in [6.07, 6.45) is 19.2. The molecule has 27 nitrogen and oxygen atoms in total. The molecule has 0 saturated heterocycles. The fourth-order valence-electron chi connectivity index (χ4n) is 12.3. The highest BCUT2D eigenvalue weighted by molar-refractivity contribution is 6.13. The zero-order chi connectivity index (χ0) is 77.5. The molecule has 3 aliphatic heterocycles. The first kappa shape index (κ1) is 82.9. The van der Waals surface area contributed by atoms with Gasteiger partial charge < -0.3 is 58.7 Å². The third kappa shape index (κ3) is 26.0. The number of esters is 1. The minimum absolute atomic E-state index is 0.00838. The van der Waals surface area contributed by atoms with Crippen LogP contribution < -0.4 is 44.2 Å². The van der Waals surface area contributed by atoms with E-state index >= 15 is 0 Å². The first-order chi connectivity index (χ1) is 51.4. The zero-order valence-corrected chi connectivity index (χ0v) is 62.1. The number of urea groups is 1. The number of benzene rings is 3. The Bertz CT molecular complexity index is 4170. The molecule has 0 bridgehead atoms. The van der Waals surface area contributed by atoms with Crippen molar-refractivity contribution in [2.75, 3.05) is 49.9 Å². The lowest BCUT2D eigenvalue weighted by atomic mass is 9.88. The standard InChI is InChI=1S/C56H71N9O10.C24H30N6O2/c1-5-24-64(25-6-2)55(73)42-29-40-18-19-41(30-47(40)62-49(57)31-42)53(71)61-43-27-39(33-59-34-43)17-22-52(70)75-35-38-15-13-37(14-16-38)28-48(67)46(12-10-23-60-56(58)74)63-54(72)45(36(3)4)32-44(66)11-8-7-9-26-65-50(68)20-21-51(65)69;1-3-7-30(8-4-2)24(32)19-10-17-5-6-18(11-21(17)29-22(26)12-19)23(31)28-20-9-16(13-25)14-27-15-20/h13-16,18-21,27,29-30,33-34,36,45-46H,5-12,17,22-26,28,31-32,35H2,1-4H3,(H2,57,62)(H,61,71)(H,63,72)(H3,58,60,74);5-6,9-11,14-15H,3-4,7-8,12-13,25H2,1-2H3,(H2,26,29)(H,28,31)/t45-,46-;/m0./s1. The van der Waals surface area contributed by atoms with Gasteiger partial charge in [0.15, 0.2) is 5.78 Å². The molecule has 3 aliphatic rings. The monoisotopic (exact) mass is 1460 g/mol. The van der Waals surface area contributed by atoms with E-state index in [9.17, 15) is 52.7 Å². The normalized spacial score (nSPS) is 13.5. The number of pyridine rings is 2. The highest BCUT2D eigenvalue weighted by Gasteiger charge is 2.31. The second kappa shape index (κ2) is 42.0. The Labute approximate surface area is 625 Å². The van der Waals surface area contributed by atoms with Crippen LogP contribution in [-0.2, 0) is 69.1 Å². The average Bonchev–Trinajstić information content (AvgIpc) is 1.74. The van der Waals surface area contributed by atoms with Gasteiger partial charge in [0, 0.05) is 148 Å². The molecule has 0 saturated carbocycles. The highest BCUT2D eigenvalue weighted by atomic mass is 16.5. The third-order valence-corrected chi connectivity index (χ3v) is 17.9. The lowest BCUT2D eigenvalue weighted by Gasteiger charge is -2.24. The largest absolute Gasteiger partial charge is 0.461 e. The Kier molecular flexibility index (Phi) is 32.5. The number of anilines is 2. The summed E-state index contributed by atoms with van der Waals surface area (Å²) in [4.78, 5) is 163. The van der Waals surface area contributed by atoms with E-state index in [-0.39, 0.29) is 117 Å². The van der Waals surface area contributed by atoms with Gasteiger partial charge in [0.25, 0.3) is 23.6 Å². The number of ether oxygens (including phenoxy) is 1. The molecule has 0 spiro atoms. The van der Waals surface area contributed by atoms with Crippen LogP contribution in [-0.4, -0.2) is 147 Å². The minimum Gasteiger partial charge on any atom is -0.461 e. The molecule has 12 N–H and O–H groups in total. The van der Waals surface area contributed by atoms with Crippen LogP contribution >= 0.6 is 0 Å². The molecule has 0 radical (unpaired) electrons. The second-order valence-electron chi connectivity index (χ2n) is 27.0. The Morgan fingerprint density at radius 1 is 0.607 bits per heavy atom. The quantitative estimate of drug-likeness (QED) is 0.0104. The Hall–Kier alpha value is -11.4. The number of amidine groups is 2. The van der Waals surface area contributed by atoms with Crippen molar-refractivity contribution < 1.29 is 57.5 Å². The number of imide groups is 1. The number of rotatable bonds is 38. The van der Waals surface area contributed by atoms with Crippen LogP contribution in [0.15, 0.2) is 131 Å². The van der Waals surface area contributed by atoms with Crippen molar-refractivity contribution in [1.29, 1.82) is 0 Å². The van der Waals surface area contributed by atoms with Crippen molar-refractivity contribution in [3.8, 4) is 0 Å². The van der Waals surface area contributed by atoms with Crippen LogP contribution in [0.1, 0.15) is 186 Å². The van der Waals surface area contributed by atoms with Gasteiger partial charge >= 0.3 is 12.0 Å². The van der Waals surface area contributed by atoms with Gasteiger partial charge in [-0.15, -0.1) is 0 Å². The first-order valence-electron chi connectivity index (χ1n) is 36.7. The number of fused-ring (bicyclic) bond motifs is 2. The van der Waals surface area contributed by atoms with Crippen molar-refractivity contribution in [3.05, 3.63) is 165 Å². The van der Waals surface area contributed by atoms with Crippen LogP contribution in [0.25, 0.3) is 12.2 Å². The van der Waals surface area contributed by atoms with Gasteiger partial charge in [-0.2, -0.15) is 0 Å². The molecule has 27 heteroatoms. The molecule has 0 unspecified atom stereocenters. The van der Waals surface area contributed by atoms with Gasteiger partial charge in [-0.1, -0.05) is 84.4 Å². The van der Waals surface area contributed by atoms with E-state index < -0.39 is 35.8 Å². The number of aryl methyl sites for hydroxylation is 1. The molecule has 8 rings (SSSR count). The average molecular weight is 1460 g/mol. The summed E-state index contributed by atoms with van der Waals surface area (Å²) in [6, 6.07) is 19.1. The number of aliphatic imine (C=N–C) groups is 2. The second-order valence-corrected chi connectivity index (χ2v) is 27.0. The summed E-state index contributed by atoms with van der Waals surface area (Å²) in [5.74, 6) is -3.01. The number of nitrogens with zero attached hydrogens (tertiary/aromatic N) is 7.